The molecule has 2 amide bonds. The molecule has 3 aromatic rings. The number of hydrogen-bond donors (Lipinski definition) is 3. The van der Waals surface area contributed by atoms with E-state index in [0.29, 0.717) is 11.7 Å². The van der Waals surface area contributed by atoms with Gasteiger partial charge in [0.1, 0.15) is 0 Å². The van der Waals surface area contributed by atoms with Gasteiger partial charge < -0.3 is 5.32 Å². The molecule has 0 spiro atoms. The number of rotatable bonds is 4. The molecule has 21 heavy (non-hydrogen) atoms. The van der Waals surface area contributed by atoms with Crippen molar-refractivity contribution in [2.24, 2.45) is 0 Å². The van der Waals surface area contributed by atoms with Crippen molar-refractivity contribution in [2.45, 2.75) is 6.54 Å². The molecule has 1 aromatic carbocycles. The maximum atomic E-state index is 11.8. The van der Waals surface area contributed by atoms with Gasteiger partial charge in [0.25, 0.3) is 0 Å². The molecular weight excluding hydrogens is 286 g/mol. The molecule has 0 saturated carbocycles. The van der Waals surface area contributed by atoms with Crippen LogP contribution in [0.15, 0.2) is 48.0 Å². The Morgan fingerprint density at radius 2 is 2.10 bits per heavy atom. The number of aromatic nitrogens is 3. The normalized spacial score (nSPS) is 10.3. The first-order valence-corrected chi connectivity index (χ1v) is 7.23. The number of thiazole rings is 1. The van der Waals surface area contributed by atoms with E-state index in [4.69, 9.17) is 0 Å². The molecular formula is C14H13N5OS. The summed E-state index contributed by atoms with van der Waals surface area (Å²) >= 11 is 1.39. The largest absolute Gasteiger partial charge is 0.332 e. The summed E-state index contributed by atoms with van der Waals surface area (Å²) < 4.78 is 0. The first-order valence-electron chi connectivity index (χ1n) is 6.35. The number of amides is 2. The van der Waals surface area contributed by atoms with Gasteiger partial charge in [0, 0.05) is 17.1 Å². The molecule has 2 heterocycles. The van der Waals surface area contributed by atoms with Crippen LogP contribution in [0.2, 0.25) is 0 Å². The Bertz CT molecular complexity index is 708. The molecule has 0 aliphatic heterocycles. The minimum absolute atomic E-state index is 0.293. The second-order valence-corrected chi connectivity index (χ2v) is 5.15. The molecule has 0 radical (unpaired) electrons. The Labute approximate surface area is 125 Å². The first-order chi connectivity index (χ1) is 10.3. The number of benzene rings is 1. The lowest BCUT2D eigenvalue weighted by Crippen LogP contribution is -2.28. The number of hydrogen-bond acceptors (Lipinski definition) is 4. The zero-order valence-electron chi connectivity index (χ0n) is 11.0. The first kappa shape index (κ1) is 13.3. The lowest BCUT2D eigenvalue weighted by molar-refractivity contribution is 0.251. The van der Waals surface area contributed by atoms with Gasteiger partial charge in [-0.05, 0) is 6.07 Å². The molecule has 0 saturated heterocycles. The van der Waals surface area contributed by atoms with Gasteiger partial charge in [-0.25, -0.2) is 9.78 Å². The van der Waals surface area contributed by atoms with Crippen LogP contribution in [0.25, 0.3) is 11.3 Å². The van der Waals surface area contributed by atoms with E-state index < -0.39 is 0 Å². The second kappa shape index (κ2) is 6.19. The van der Waals surface area contributed by atoms with E-state index in [0.717, 1.165) is 17.0 Å². The standard InChI is InChI=1S/C14H13N5OS/c20-13(15-8-11-6-7-16-19-11)18-14-17-12(9-21-14)10-4-2-1-3-5-10/h1-7,9H,8H2,(H,16,19)(H2,15,17,18,20). The zero-order chi connectivity index (χ0) is 14.5. The zero-order valence-corrected chi connectivity index (χ0v) is 11.9. The predicted octanol–water partition coefficient (Wildman–Crippen LogP) is 2.85. The van der Waals surface area contributed by atoms with Crippen LogP contribution < -0.4 is 10.6 Å². The monoisotopic (exact) mass is 299 g/mol. The summed E-state index contributed by atoms with van der Waals surface area (Å²) in [5, 5.41) is 14.5. The fraction of sp³-hybridized carbons (Fsp3) is 0.0714. The van der Waals surface area contributed by atoms with E-state index in [1.165, 1.54) is 11.3 Å². The molecule has 0 fully saturated rings. The predicted molar refractivity (Wildman–Crippen MR) is 82.0 cm³/mol. The van der Waals surface area contributed by atoms with Crippen LogP contribution in [0.1, 0.15) is 5.69 Å². The van der Waals surface area contributed by atoms with Crippen molar-refractivity contribution in [1.29, 1.82) is 0 Å². The lowest BCUT2D eigenvalue weighted by atomic mass is 10.2. The summed E-state index contributed by atoms with van der Waals surface area (Å²) in [6, 6.07) is 11.3. The van der Waals surface area contributed by atoms with Gasteiger partial charge in [-0.3, -0.25) is 10.4 Å². The number of carbonyl (C=O) groups excluding carboxylic acids is 1. The van der Waals surface area contributed by atoms with Crippen LogP contribution in [0.4, 0.5) is 9.93 Å². The van der Waals surface area contributed by atoms with Gasteiger partial charge in [0.05, 0.1) is 17.9 Å². The second-order valence-electron chi connectivity index (χ2n) is 4.29. The minimum Gasteiger partial charge on any atom is -0.332 e. The summed E-state index contributed by atoms with van der Waals surface area (Å²) in [5.74, 6) is 0. The number of aromatic amines is 1. The molecule has 7 heteroatoms. The highest BCUT2D eigenvalue weighted by atomic mass is 32.1. The fourth-order valence-electron chi connectivity index (χ4n) is 1.77. The van der Waals surface area contributed by atoms with Gasteiger partial charge in [-0.1, -0.05) is 30.3 Å². The van der Waals surface area contributed by atoms with E-state index in [1.54, 1.807) is 12.3 Å². The van der Waals surface area contributed by atoms with Crippen molar-refractivity contribution >= 4 is 22.5 Å². The summed E-state index contributed by atoms with van der Waals surface area (Å²) in [5.41, 5.74) is 2.72. The van der Waals surface area contributed by atoms with Crippen molar-refractivity contribution in [3.63, 3.8) is 0 Å². The van der Waals surface area contributed by atoms with E-state index >= 15 is 0 Å². The number of nitrogens with zero attached hydrogens (tertiary/aromatic N) is 2. The third-order valence-electron chi connectivity index (χ3n) is 2.79. The van der Waals surface area contributed by atoms with Gasteiger partial charge in [0.15, 0.2) is 5.13 Å². The van der Waals surface area contributed by atoms with Crippen LogP contribution in [0.5, 0.6) is 0 Å². The molecule has 6 nitrogen and oxygen atoms in total. The van der Waals surface area contributed by atoms with Crippen LogP contribution >= 0.6 is 11.3 Å². The molecule has 106 valence electrons. The molecule has 0 aliphatic carbocycles. The van der Waals surface area contributed by atoms with Crippen molar-refractivity contribution in [3.8, 4) is 11.3 Å². The Balaban J connectivity index is 1.58. The van der Waals surface area contributed by atoms with E-state index in [9.17, 15) is 4.79 Å². The number of H-pyrrole nitrogens is 1. The average Bonchev–Trinajstić information content (AvgIpc) is 3.17. The highest BCUT2D eigenvalue weighted by Gasteiger charge is 2.07. The van der Waals surface area contributed by atoms with Gasteiger partial charge >= 0.3 is 6.03 Å². The molecule has 0 aliphatic rings. The summed E-state index contributed by atoms with van der Waals surface area (Å²) in [4.78, 5) is 16.2. The number of nitrogens with one attached hydrogen (secondary N) is 3. The van der Waals surface area contributed by atoms with Crippen molar-refractivity contribution in [2.75, 3.05) is 5.32 Å². The van der Waals surface area contributed by atoms with Crippen LogP contribution in [-0.4, -0.2) is 21.2 Å². The van der Waals surface area contributed by atoms with Crippen molar-refractivity contribution in [3.05, 3.63) is 53.7 Å². The Morgan fingerprint density at radius 1 is 1.24 bits per heavy atom. The van der Waals surface area contributed by atoms with E-state index in [1.807, 2.05) is 35.7 Å². The van der Waals surface area contributed by atoms with Crippen LogP contribution in [0, 0.1) is 0 Å². The molecule has 0 atom stereocenters. The smallest absolute Gasteiger partial charge is 0.321 e. The molecule has 3 rings (SSSR count). The molecule has 3 N–H and O–H groups in total. The Morgan fingerprint density at radius 3 is 2.86 bits per heavy atom. The van der Waals surface area contributed by atoms with E-state index in [2.05, 4.69) is 25.8 Å². The fourth-order valence-corrected chi connectivity index (χ4v) is 2.49. The SMILES string of the molecule is O=C(NCc1ccn[nH]1)Nc1nc(-c2ccccc2)cs1. The molecule has 2 aromatic heterocycles. The highest BCUT2D eigenvalue weighted by molar-refractivity contribution is 7.14. The highest BCUT2D eigenvalue weighted by Crippen LogP contribution is 2.24. The number of urea groups is 1. The van der Waals surface area contributed by atoms with Crippen molar-refractivity contribution in [1.82, 2.24) is 20.5 Å². The maximum absolute atomic E-state index is 11.8. The number of carbonyl (C=O) groups is 1. The molecule has 0 bridgehead atoms. The van der Waals surface area contributed by atoms with Crippen LogP contribution in [-0.2, 0) is 6.54 Å². The topological polar surface area (TPSA) is 82.7 Å². The quantitative estimate of drug-likeness (QED) is 0.692. The Kier molecular flexibility index (Phi) is 3.92. The average molecular weight is 299 g/mol. The summed E-state index contributed by atoms with van der Waals surface area (Å²) in [7, 11) is 0. The maximum Gasteiger partial charge on any atom is 0.321 e. The minimum atomic E-state index is -0.293. The number of anilines is 1. The molecule has 0 unspecified atom stereocenters. The lowest BCUT2D eigenvalue weighted by Gasteiger charge is -2.03. The summed E-state index contributed by atoms with van der Waals surface area (Å²) in [6.45, 7) is 0.392. The van der Waals surface area contributed by atoms with E-state index in [-0.39, 0.29) is 6.03 Å². The van der Waals surface area contributed by atoms with Gasteiger partial charge in [-0.2, -0.15) is 5.10 Å². The van der Waals surface area contributed by atoms with Crippen molar-refractivity contribution < 1.29 is 4.79 Å². The van der Waals surface area contributed by atoms with Crippen LogP contribution in [0.3, 0.4) is 0 Å². The third kappa shape index (κ3) is 3.46. The summed E-state index contributed by atoms with van der Waals surface area (Å²) in [6.07, 6.45) is 1.64. The van der Waals surface area contributed by atoms with Gasteiger partial charge in [-0.15, -0.1) is 11.3 Å². The van der Waals surface area contributed by atoms with Gasteiger partial charge in [0.2, 0.25) is 0 Å². The third-order valence-corrected chi connectivity index (χ3v) is 3.55. The Hall–Kier alpha value is -2.67.